The number of hydrogen-bond acceptors (Lipinski definition) is 4. The van der Waals surface area contributed by atoms with Crippen molar-refractivity contribution in [2.75, 3.05) is 12.5 Å². The zero-order chi connectivity index (χ0) is 12.2. The zero-order valence-electron chi connectivity index (χ0n) is 9.97. The lowest BCUT2D eigenvalue weighted by Gasteiger charge is -2.21. The molecule has 0 aliphatic heterocycles. The Morgan fingerprint density at radius 2 is 1.62 bits per heavy atom. The second-order valence-electron chi connectivity index (χ2n) is 3.47. The van der Waals surface area contributed by atoms with Gasteiger partial charge in [-0.2, -0.15) is 0 Å². The van der Waals surface area contributed by atoms with E-state index in [9.17, 15) is 0 Å². The van der Waals surface area contributed by atoms with Crippen LogP contribution in [-0.2, 0) is 11.8 Å². The van der Waals surface area contributed by atoms with E-state index in [4.69, 9.17) is 11.8 Å². The largest absolute Gasteiger partial charge is 0.109 e. The number of aryl methyl sites for hydroxylation is 1. The van der Waals surface area contributed by atoms with E-state index in [1.165, 1.54) is 11.1 Å². The summed E-state index contributed by atoms with van der Waals surface area (Å²) in [6.07, 6.45) is 4.26. The van der Waals surface area contributed by atoms with Crippen molar-refractivity contribution in [1.82, 2.24) is 0 Å². The molecular formula is C11H17PS4. The normalized spacial score (nSPS) is 13.8. The minimum absolute atomic E-state index is 0.492. The Kier molecular flexibility index (Phi) is 6.32. The molecule has 0 saturated heterocycles. The molecular weight excluding hydrogens is 291 g/mol. The van der Waals surface area contributed by atoms with Crippen LogP contribution in [0.15, 0.2) is 24.3 Å². The summed E-state index contributed by atoms with van der Waals surface area (Å²) in [6, 6.07) is 8.78. The smallest absolute Gasteiger partial charge is 0.108 e. The van der Waals surface area contributed by atoms with Crippen LogP contribution in [0, 0.1) is 6.92 Å². The molecule has 1 aromatic rings. The summed E-state index contributed by atoms with van der Waals surface area (Å²) in [5.74, 6) is 0. The van der Waals surface area contributed by atoms with E-state index in [-0.39, 0.29) is 0 Å². The van der Waals surface area contributed by atoms with Crippen molar-refractivity contribution in [3.05, 3.63) is 35.4 Å². The summed E-state index contributed by atoms with van der Waals surface area (Å²) in [5.41, 5.74) is 2.70. The van der Waals surface area contributed by atoms with Crippen LogP contribution in [0.5, 0.6) is 0 Å². The standard InChI is InChI=1S/C11H17PS4/c1-9-5-7-11(8-6-9)10(2)16-12(13,14-3)15-4/h5-8,10H,1-4H3. The summed E-state index contributed by atoms with van der Waals surface area (Å²) in [6.45, 7) is 4.37. The third-order valence-electron chi connectivity index (χ3n) is 2.28. The average Bonchev–Trinajstić information content (AvgIpc) is 2.29. The van der Waals surface area contributed by atoms with Gasteiger partial charge in [0, 0.05) is 5.25 Å². The molecule has 0 spiro atoms. The Bertz CT molecular complexity index is 366. The van der Waals surface area contributed by atoms with Crippen molar-refractivity contribution < 1.29 is 0 Å². The highest BCUT2D eigenvalue weighted by atomic mass is 33.5. The summed E-state index contributed by atoms with van der Waals surface area (Å²) < 4.78 is -1.33. The van der Waals surface area contributed by atoms with Crippen LogP contribution in [0.25, 0.3) is 0 Å². The van der Waals surface area contributed by atoms with Gasteiger partial charge in [0.2, 0.25) is 0 Å². The van der Waals surface area contributed by atoms with Crippen molar-refractivity contribution in [1.29, 1.82) is 0 Å². The monoisotopic (exact) mass is 308 g/mol. The minimum Gasteiger partial charge on any atom is -0.108 e. The second-order valence-corrected chi connectivity index (χ2v) is 19.6. The molecule has 90 valence electrons. The third kappa shape index (κ3) is 4.30. The van der Waals surface area contributed by atoms with Gasteiger partial charge >= 0.3 is 0 Å². The second kappa shape index (κ2) is 6.75. The van der Waals surface area contributed by atoms with E-state index in [1.54, 1.807) is 0 Å². The van der Waals surface area contributed by atoms with Crippen molar-refractivity contribution in [3.63, 3.8) is 0 Å². The predicted octanol–water partition coefficient (Wildman–Crippen LogP) is 5.74. The topological polar surface area (TPSA) is 0 Å². The van der Waals surface area contributed by atoms with Gasteiger partial charge in [-0.15, -0.1) is 22.8 Å². The lowest BCUT2D eigenvalue weighted by Crippen LogP contribution is -1.86. The van der Waals surface area contributed by atoms with E-state index in [0.717, 1.165) is 0 Å². The van der Waals surface area contributed by atoms with Crippen LogP contribution in [0.3, 0.4) is 0 Å². The quantitative estimate of drug-likeness (QED) is 0.636. The molecule has 0 bridgehead atoms. The first-order valence-electron chi connectivity index (χ1n) is 4.97. The summed E-state index contributed by atoms with van der Waals surface area (Å²) >= 11 is 11.4. The Hall–Kier alpha value is 0.920. The first-order valence-corrected chi connectivity index (χ1v) is 12.9. The highest BCUT2D eigenvalue weighted by molar-refractivity contribution is 9.22. The molecule has 0 N–H and O–H groups in total. The molecule has 1 atom stereocenters. The molecule has 0 heterocycles. The lowest BCUT2D eigenvalue weighted by molar-refractivity contribution is 1.11. The molecule has 5 heteroatoms. The van der Waals surface area contributed by atoms with Gasteiger partial charge in [0.05, 0.1) is 0 Å². The van der Waals surface area contributed by atoms with Crippen LogP contribution in [0.4, 0.5) is 0 Å². The SMILES string of the molecule is CSP(=S)(SC)SC(C)c1ccc(C)cc1. The van der Waals surface area contributed by atoms with Gasteiger partial charge in [-0.25, -0.2) is 0 Å². The number of benzene rings is 1. The summed E-state index contributed by atoms with van der Waals surface area (Å²) in [4.78, 5) is 0. The molecule has 0 saturated carbocycles. The van der Waals surface area contributed by atoms with Crippen molar-refractivity contribution in [2.45, 2.75) is 19.1 Å². The Labute approximate surface area is 116 Å². The van der Waals surface area contributed by atoms with Gasteiger partial charge in [-0.3, -0.25) is 0 Å². The molecule has 0 amide bonds. The number of hydrogen-bond donors (Lipinski definition) is 0. The third-order valence-corrected chi connectivity index (χ3v) is 18.8. The lowest BCUT2D eigenvalue weighted by atomic mass is 10.1. The molecule has 1 aromatic carbocycles. The Morgan fingerprint density at radius 1 is 1.12 bits per heavy atom. The maximum atomic E-state index is 5.71. The maximum absolute atomic E-state index is 5.71. The fraction of sp³-hybridized carbons (Fsp3) is 0.455. The summed E-state index contributed by atoms with van der Waals surface area (Å²) in [5, 5.41) is 0.492. The Balaban J connectivity index is 2.75. The molecule has 0 aliphatic carbocycles. The molecule has 0 nitrogen and oxygen atoms in total. The van der Waals surface area contributed by atoms with Crippen LogP contribution >= 0.6 is 37.8 Å². The molecule has 0 aromatic heterocycles. The van der Waals surface area contributed by atoms with Gasteiger partial charge in [0.25, 0.3) is 0 Å². The van der Waals surface area contributed by atoms with E-state index in [0.29, 0.717) is 5.25 Å². The van der Waals surface area contributed by atoms with E-state index in [1.807, 2.05) is 34.1 Å². The van der Waals surface area contributed by atoms with Gasteiger partial charge in [-0.05, 0) is 31.9 Å². The van der Waals surface area contributed by atoms with Crippen molar-refractivity contribution in [3.8, 4) is 0 Å². The maximum Gasteiger partial charge on any atom is 0.109 e. The molecule has 0 radical (unpaired) electrons. The van der Waals surface area contributed by atoms with Crippen LogP contribution in [0.2, 0.25) is 0 Å². The highest BCUT2D eigenvalue weighted by Gasteiger charge is 2.19. The van der Waals surface area contributed by atoms with Gasteiger partial charge in [-0.1, -0.05) is 53.0 Å². The van der Waals surface area contributed by atoms with Crippen molar-refractivity contribution >= 4 is 49.6 Å². The molecule has 16 heavy (non-hydrogen) atoms. The van der Waals surface area contributed by atoms with Gasteiger partial charge in [0.1, 0.15) is 3.64 Å². The van der Waals surface area contributed by atoms with Crippen LogP contribution < -0.4 is 0 Å². The molecule has 1 unspecified atom stereocenters. The Morgan fingerprint density at radius 3 is 2.06 bits per heavy atom. The fourth-order valence-corrected chi connectivity index (χ4v) is 11.1. The molecule has 0 aliphatic rings. The van der Waals surface area contributed by atoms with E-state index >= 15 is 0 Å². The summed E-state index contributed by atoms with van der Waals surface area (Å²) in [7, 11) is 0. The predicted molar refractivity (Wildman–Crippen MR) is 88.5 cm³/mol. The highest BCUT2D eigenvalue weighted by Crippen LogP contribution is 2.79. The van der Waals surface area contributed by atoms with E-state index < -0.39 is 3.64 Å². The van der Waals surface area contributed by atoms with E-state index in [2.05, 4.69) is 50.6 Å². The van der Waals surface area contributed by atoms with Gasteiger partial charge in [0.15, 0.2) is 0 Å². The molecule has 1 rings (SSSR count). The average molecular weight is 308 g/mol. The molecule has 0 fully saturated rings. The van der Waals surface area contributed by atoms with Crippen LogP contribution in [0.1, 0.15) is 23.3 Å². The first-order chi connectivity index (χ1) is 7.50. The minimum atomic E-state index is -1.33. The zero-order valence-corrected chi connectivity index (χ0v) is 14.1. The van der Waals surface area contributed by atoms with Crippen molar-refractivity contribution in [2.24, 2.45) is 0 Å². The number of rotatable bonds is 5. The van der Waals surface area contributed by atoms with Gasteiger partial charge < -0.3 is 0 Å². The van der Waals surface area contributed by atoms with Crippen LogP contribution in [-0.4, -0.2) is 12.5 Å². The fourth-order valence-electron chi connectivity index (χ4n) is 1.25. The first kappa shape index (κ1) is 15.0.